The van der Waals surface area contributed by atoms with Crippen LogP contribution >= 0.6 is 0 Å². The lowest BCUT2D eigenvalue weighted by molar-refractivity contribution is -0.145. The molecule has 4 saturated heterocycles. The minimum Gasteiger partial charge on any atom is -0.369 e. The summed E-state index contributed by atoms with van der Waals surface area (Å²) in [4.78, 5) is 87.4. The number of amides is 6. The molecule has 1 unspecified atom stereocenters. The maximum absolute atomic E-state index is 14.5. The Morgan fingerprint density at radius 1 is 0.545 bits per heavy atom. The molecule has 0 spiro atoms. The van der Waals surface area contributed by atoms with Crippen molar-refractivity contribution >= 4 is 35.4 Å². The van der Waals surface area contributed by atoms with Crippen LogP contribution in [0.4, 0.5) is 0 Å². The minimum absolute atomic E-state index is 0.125. The number of aryl methyl sites for hydroxylation is 2. The molecule has 2 aliphatic carbocycles. The number of nitrogens with zero attached hydrogens (tertiary/aromatic N) is 8. The molecule has 12 atom stereocenters. The van der Waals surface area contributed by atoms with Gasteiger partial charge in [0.2, 0.25) is 35.4 Å². The van der Waals surface area contributed by atoms with E-state index in [4.69, 9.17) is 4.74 Å². The number of benzene rings is 2. The molecule has 0 saturated carbocycles. The first-order valence-corrected chi connectivity index (χ1v) is 28.1. The molecule has 4 fully saturated rings. The molecule has 21 heteroatoms. The number of likely N-dealkylation sites (N-methyl/N-ethyl adjacent to an activating group) is 2. The summed E-state index contributed by atoms with van der Waals surface area (Å²) in [5.74, 6) is -1.37. The lowest BCUT2D eigenvalue weighted by Gasteiger charge is -2.38. The molecule has 2 aromatic heterocycles. The van der Waals surface area contributed by atoms with Gasteiger partial charge in [-0.1, -0.05) is 59.0 Å². The normalized spacial score (nSPS) is 28.1. The molecule has 0 bridgehead atoms. The van der Waals surface area contributed by atoms with Crippen molar-refractivity contribution in [1.29, 1.82) is 0 Å². The van der Waals surface area contributed by atoms with Gasteiger partial charge in [0.05, 0.1) is 61.9 Å². The third-order valence-corrected chi connectivity index (χ3v) is 17.4. The fraction of sp³-hybridized carbons (Fsp3) is 0.607. The highest BCUT2D eigenvalue weighted by Crippen LogP contribution is 2.39. The highest BCUT2D eigenvalue weighted by atomic mass is 16.5. The van der Waals surface area contributed by atoms with Gasteiger partial charge in [0.1, 0.15) is 35.6 Å². The van der Waals surface area contributed by atoms with E-state index in [0.29, 0.717) is 75.6 Å². The summed E-state index contributed by atoms with van der Waals surface area (Å²) in [7, 11) is 3.40. The first-order valence-electron chi connectivity index (χ1n) is 28.1. The van der Waals surface area contributed by atoms with E-state index in [2.05, 4.69) is 76.8 Å². The zero-order chi connectivity index (χ0) is 53.7. The SMILES string of the molecule is CN[C@@H](C)C(=O)N[C@H]1CC[C@@H](n2cc(COCc3cn([C@@H]4CC[C@H](NC(=O)[C@H](C)NC)C(=O)N5[C@H](CC[C@H]5C(=O)N[C@H]5CCCc6ccccc65)C4)nn3)nn2)C[C@H]2CC[C@@H](C(=O)NC3CCCc4ccccc43)N2C1=O. The number of hydrogen-bond donors (Lipinski definition) is 6. The van der Waals surface area contributed by atoms with Gasteiger partial charge in [0.25, 0.3) is 0 Å². The predicted molar refractivity (Wildman–Crippen MR) is 283 cm³/mol. The number of ether oxygens (including phenoxy) is 1. The highest BCUT2D eigenvalue weighted by molar-refractivity contribution is 5.95. The largest absolute Gasteiger partial charge is 0.369 e. The van der Waals surface area contributed by atoms with Crippen LogP contribution in [0.15, 0.2) is 60.9 Å². The second-order valence-corrected chi connectivity index (χ2v) is 22.2. The summed E-state index contributed by atoms with van der Waals surface area (Å²) in [6.07, 6.45) is 14.5. The van der Waals surface area contributed by atoms with Crippen LogP contribution in [-0.4, -0.2) is 138 Å². The maximum Gasteiger partial charge on any atom is 0.246 e. The van der Waals surface area contributed by atoms with Crippen molar-refractivity contribution in [3.05, 3.63) is 94.6 Å². The molecular formula is C56H76N14O7. The molecule has 6 N–H and O–H groups in total. The second kappa shape index (κ2) is 24.0. The van der Waals surface area contributed by atoms with Crippen molar-refractivity contribution in [2.45, 2.75) is 202 Å². The third-order valence-electron chi connectivity index (χ3n) is 17.4. The number of rotatable bonds is 16. The van der Waals surface area contributed by atoms with E-state index in [1.807, 2.05) is 46.0 Å². The molecule has 10 rings (SSSR count). The van der Waals surface area contributed by atoms with Crippen LogP contribution < -0.4 is 31.9 Å². The first-order chi connectivity index (χ1) is 37.4. The highest BCUT2D eigenvalue weighted by Gasteiger charge is 2.48. The molecule has 2 aromatic carbocycles. The van der Waals surface area contributed by atoms with Crippen molar-refractivity contribution < 1.29 is 33.5 Å². The van der Waals surface area contributed by atoms with E-state index in [0.717, 1.165) is 49.7 Å². The Labute approximate surface area is 450 Å². The first kappa shape index (κ1) is 53.8. The van der Waals surface area contributed by atoms with Gasteiger partial charge in [-0.15, -0.1) is 10.2 Å². The van der Waals surface area contributed by atoms with Gasteiger partial charge in [0, 0.05) is 12.1 Å². The Hall–Kier alpha value is -6.58. The Bertz CT molecular complexity index is 2600. The van der Waals surface area contributed by atoms with E-state index < -0.39 is 36.3 Å². The molecule has 4 aliphatic heterocycles. The van der Waals surface area contributed by atoms with Gasteiger partial charge in [0.15, 0.2) is 0 Å². The van der Waals surface area contributed by atoms with E-state index in [-0.39, 0.29) is 84.9 Å². The third kappa shape index (κ3) is 11.8. The topological polar surface area (TPSA) is 252 Å². The Balaban J connectivity index is 0.788. The number of carbonyl (C=O) groups is 6. The predicted octanol–water partition coefficient (Wildman–Crippen LogP) is 3.33. The van der Waals surface area contributed by atoms with Crippen molar-refractivity contribution in [2.75, 3.05) is 14.1 Å². The van der Waals surface area contributed by atoms with E-state index in [1.54, 1.807) is 37.7 Å². The molecule has 21 nitrogen and oxygen atoms in total. The molecular weight excluding hydrogens is 981 g/mol. The molecule has 6 aliphatic rings. The minimum atomic E-state index is -0.822. The maximum atomic E-state index is 14.5. The van der Waals surface area contributed by atoms with Crippen LogP contribution in [0.25, 0.3) is 0 Å². The quantitative estimate of drug-likeness (QED) is 0.0944. The summed E-state index contributed by atoms with van der Waals surface area (Å²) in [5.41, 5.74) is 5.96. The summed E-state index contributed by atoms with van der Waals surface area (Å²) in [5, 5.41) is 36.6. The molecule has 6 heterocycles. The molecule has 77 heavy (non-hydrogen) atoms. The van der Waals surface area contributed by atoms with Gasteiger partial charge in [-0.2, -0.15) is 0 Å². The zero-order valence-electron chi connectivity index (χ0n) is 44.9. The zero-order valence-corrected chi connectivity index (χ0v) is 44.9. The van der Waals surface area contributed by atoms with Gasteiger partial charge >= 0.3 is 0 Å². The van der Waals surface area contributed by atoms with E-state index in [9.17, 15) is 28.8 Å². The fourth-order valence-corrected chi connectivity index (χ4v) is 12.9. The summed E-state index contributed by atoms with van der Waals surface area (Å²) >= 11 is 0. The van der Waals surface area contributed by atoms with Gasteiger partial charge in [-0.05, 0) is 153 Å². The van der Waals surface area contributed by atoms with Crippen molar-refractivity contribution in [1.82, 2.24) is 71.7 Å². The Kier molecular flexibility index (Phi) is 16.8. The van der Waals surface area contributed by atoms with Crippen LogP contribution in [0.1, 0.15) is 162 Å². The summed E-state index contributed by atoms with van der Waals surface area (Å²) < 4.78 is 9.82. The van der Waals surface area contributed by atoms with Crippen LogP contribution in [0, 0.1) is 0 Å². The van der Waals surface area contributed by atoms with E-state index >= 15 is 0 Å². The van der Waals surface area contributed by atoms with Crippen LogP contribution in [0.3, 0.4) is 0 Å². The van der Waals surface area contributed by atoms with Crippen LogP contribution in [0.5, 0.6) is 0 Å². The average molecular weight is 1060 g/mol. The number of hydrogen-bond acceptors (Lipinski definition) is 13. The second-order valence-electron chi connectivity index (χ2n) is 22.2. The number of fused-ring (bicyclic) bond motifs is 4. The van der Waals surface area contributed by atoms with Gasteiger partial charge < -0.3 is 46.4 Å². The number of aromatic nitrogens is 6. The number of nitrogens with one attached hydrogen (secondary N) is 6. The Morgan fingerprint density at radius 3 is 1.39 bits per heavy atom. The van der Waals surface area contributed by atoms with E-state index in [1.165, 1.54) is 11.1 Å². The fourth-order valence-electron chi connectivity index (χ4n) is 12.9. The molecule has 412 valence electrons. The van der Waals surface area contributed by atoms with Gasteiger partial charge in [-0.3, -0.25) is 28.8 Å². The molecule has 4 aromatic rings. The summed E-state index contributed by atoms with van der Waals surface area (Å²) in [6, 6.07) is 11.4. The van der Waals surface area contributed by atoms with Crippen molar-refractivity contribution in [3.63, 3.8) is 0 Å². The lowest BCUT2D eigenvalue weighted by Crippen LogP contribution is -2.58. The monoisotopic (exact) mass is 1060 g/mol. The molecule has 6 amide bonds. The number of carbonyl (C=O) groups excluding carboxylic acids is 6. The average Bonchev–Trinajstić information content (AvgIpc) is 4.31. The standard InChI is InChI=1S/C56H76N14O7/c1-33(57-3)51(71)61-47-23-19-39(27-41-21-25-49(69(41)55(47)75)53(73)59-45-17-9-13-35-11-5-7-15-43(35)45)67-29-37(63-65-67)31-77-32-38-30-68(66-64-38)40-20-24-48(62-52(72)34(2)58-4)56(76)70-42(28-40)22-26-50(70)54(74)60-46-18-10-14-36-12-6-8-16-44(36)46/h5-8,11-12,15-16,29-30,33-34,39-42,45-50,57-58H,9-10,13-14,17-28,31-32H2,1-4H3,(H,59,73)(H,60,74)(H,61,71)(H,62,72)/t33-,34-,39+,40+,41+,42+,45-,46?,47-,48-,49-,50-/m0/s1. The summed E-state index contributed by atoms with van der Waals surface area (Å²) in [6.45, 7) is 3.78. The molecule has 0 radical (unpaired) electrons. The lowest BCUT2D eigenvalue weighted by atomic mass is 9.87. The van der Waals surface area contributed by atoms with Gasteiger partial charge in [-0.25, -0.2) is 9.36 Å². The van der Waals surface area contributed by atoms with Crippen molar-refractivity contribution in [3.8, 4) is 0 Å². The van der Waals surface area contributed by atoms with Crippen LogP contribution in [0.2, 0.25) is 0 Å². The smallest absolute Gasteiger partial charge is 0.246 e. The van der Waals surface area contributed by atoms with Crippen molar-refractivity contribution in [2.24, 2.45) is 0 Å². The Morgan fingerprint density at radius 2 is 0.961 bits per heavy atom. The van der Waals surface area contributed by atoms with Crippen LogP contribution in [-0.2, 0) is 59.6 Å².